The van der Waals surface area contributed by atoms with Gasteiger partial charge in [-0.2, -0.15) is 5.09 Å². The number of ether oxygens (including phenoxy) is 3. The number of benzene rings is 1. The van der Waals surface area contributed by atoms with E-state index in [9.17, 15) is 28.5 Å². The molecule has 0 spiro atoms. The summed E-state index contributed by atoms with van der Waals surface area (Å²) in [4.78, 5) is 62.4. The number of aromatic nitrogens is 2. The molecule has 1 aromatic heterocycles. The van der Waals surface area contributed by atoms with Gasteiger partial charge in [0.1, 0.15) is 23.7 Å². The maximum atomic E-state index is 16.4. The molecular formula is C27H35FN3O11P. The number of nitrogens with one attached hydrogen (secondary N) is 2. The van der Waals surface area contributed by atoms with E-state index >= 15 is 4.39 Å². The van der Waals surface area contributed by atoms with Gasteiger partial charge in [0.05, 0.1) is 19.1 Å². The molecule has 1 saturated heterocycles. The average molecular weight is 628 g/mol. The number of hydrogen-bond donors (Lipinski definition) is 2. The van der Waals surface area contributed by atoms with Crippen LogP contribution in [0.1, 0.15) is 53.7 Å². The van der Waals surface area contributed by atoms with Crippen LogP contribution in [-0.2, 0) is 37.7 Å². The number of para-hydroxylation sites is 1. The van der Waals surface area contributed by atoms with Crippen LogP contribution in [-0.4, -0.2) is 63.9 Å². The van der Waals surface area contributed by atoms with Gasteiger partial charge in [0.15, 0.2) is 18.0 Å². The van der Waals surface area contributed by atoms with Gasteiger partial charge in [0.25, 0.3) is 5.56 Å². The van der Waals surface area contributed by atoms with Crippen LogP contribution >= 0.6 is 7.75 Å². The summed E-state index contributed by atoms with van der Waals surface area (Å²) in [5.74, 6) is -1.87. The SMILES string of the molecule is CC(=O)CCC(=O)O[C@@H]1[C@H](COP(=O)(N[C@@H](C)C(=O)OC(C)C)Oc2ccccc2)O[C@@H](n2ccc(=O)[nH]c2=O)[C@]1(C)F. The average Bonchev–Trinajstić information content (AvgIpc) is 3.15. The first-order valence-electron chi connectivity index (χ1n) is 13.4. The number of alkyl halides is 1. The van der Waals surface area contributed by atoms with Gasteiger partial charge >= 0.3 is 25.4 Å². The van der Waals surface area contributed by atoms with Crippen molar-refractivity contribution in [2.24, 2.45) is 0 Å². The summed E-state index contributed by atoms with van der Waals surface area (Å²) in [6.07, 6.45) is -4.91. The Morgan fingerprint density at radius 1 is 1.14 bits per heavy atom. The number of rotatable bonds is 14. The second-order valence-electron chi connectivity index (χ2n) is 10.3. The number of Topliss-reactive ketones (excluding diaryl/α,β-unsaturated/α-hetero) is 1. The summed E-state index contributed by atoms with van der Waals surface area (Å²) in [7, 11) is -4.44. The van der Waals surface area contributed by atoms with E-state index in [2.05, 4.69) is 5.09 Å². The fourth-order valence-corrected chi connectivity index (χ4v) is 5.63. The third-order valence-corrected chi connectivity index (χ3v) is 7.80. The third kappa shape index (κ3) is 9.17. The van der Waals surface area contributed by atoms with Crippen molar-refractivity contribution in [3.05, 3.63) is 63.4 Å². The molecule has 0 radical (unpaired) electrons. The number of carbonyl (C=O) groups excluding carboxylic acids is 3. The highest BCUT2D eigenvalue weighted by Crippen LogP contribution is 2.48. The summed E-state index contributed by atoms with van der Waals surface area (Å²) in [6.45, 7) is 6.21. The van der Waals surface area contributed by atoms with Crippen molar-refractivity contribution in [3.8, 4) is 5.75 Å². The quantitative estimate of drug-likeness (QED) is 0.231. The minimum absolute atomic E-state index is 0.107. The molecular weight excluding hydrogens is 592 g/mol. The molecule has 2 aromatic rings. The van der Waals surface area contributed by atoms with E-state index in [1.807, 2.05) is 4.98 Å². The number of halogens is 1. The molecule has 1 fully saturated rings. The van der Waals surface area contributed by atoms with Crippen molar-refractivity contribution in [1.29, 1.82) is 0 Å². The minimum atomic E-state index is -4.44. The summed E-state index contributed by atoms with van der Waals surface area (Å²) in [5.41, 5.74) is -4.32. The minimum Gasteiger partial charge on any atom is -0.462 e. The lowest BCUT2D eigenvalue weighted by Gasteiger charge is -2.28. The number of aromatic amines is 1. The second-order valence-corrected chi connectivity index (χ2v) is 12.0. The Kier molecular flexibility index (Phi) is 11.2. The first-order chi connectivity index (χ1) is 20.1. The van der Waals surface area contributed by atoms with Crippen LogP contribution in [0.4, 0.5) is 4.39 Å². The maximum absolute atomic E-state index is 16.4. The van der Waals surface area contributed by atoms with Crippen molar-refractivity contribution >= 4 is 25.5 Å². The van der Waals surface area contributed by atoms with Gasteiger partial charge in [-0.15, -0.1) is 0 Å². The van der Waals surface area contributed by atoms with Crippen LogP contribution in [0.3, 0.4) is 0 Å². The molecule has 1 aliphatic rings. The predicted octanol–water partition coefficient (Wildman–Crippen LogP) is 2.58. The Hall–Kier alpha value is -3.65. The normalized spacial score (nSPS) is 23.7. The Balaban J connectivity index is 1.92. The Bertz CT molecular complexity index is 1460. The number of carbonyl (C=O) groups is 3. The molecule has 6 atom stereocenters. The van der Waals surface area contributed by atoms with Crippen molar-refractivity contribution in [2.45, 2.75) is 83.7 Å². The zero-order valence-corrected chi connectivity index (χ0v) is 25.2. The van der Waals surface area contributed by atoms with Crippen LogP contribution < -0.4 is 20.9 Å². The third-order valence-electron chi connectivity index (χ3n) is 6.16. The maximum Gasteiger partial charge on any atom is 0.459 e. The van der Waals surface area contributed by atoms with Gasteiger partial charge in [-0.25, -0.2) is 13.8 Å². The fraction of sp³-hybridized carbons (Fsp3) is 0.519. The van der Waals surface area contributed by atoms with E-state index in [0.29, 0.717) is 0 Å². The van der Waals surface area contributed by atoms with E-state index in [1.165, 1.54) is 26.0 Å². The van der Waals surface area contributed by atoms with Crippen LogP contribution in [0.5, 0.6) is 5.75 Å². The molecule has 0 amide bonds. The summed E-state index contributed by atoms with van der Waals surface area (Å²) in [5, 5.41) is 2.49. The Labute approximate surface area is 246 Å². The van der Waals surface area contributed by atoms with Gasteiger partial charge in [-0.3, -0.25) is 28.5 Å². The molecule has 0 bridgehead atoms. The molecule has 1 aliphatic heterocycles. The summed E-state index contributed by atoms with van der Waals surface area (Å²) >= 11 is 0. The van der Waals surface area contributed by atoms with E-state index in [-0.39, 0.29) is 24.4 Å². The predicted molar refractivity (Wildman–Crippen MR) is 149 cm³/mol. The Morgan fingerprint density at radius 3 is 2.42 bits per heavy atom. The van der Waals surface area contributed by atoms with Crippen LogP contribution in [0.25, 0.3) is 0 Å². The molecule has 1 aromatic carbocycles. The summed E-state index contributed by atoms with van der Waals surface area (Å²) < 4.78 is 58.5. The molecule has 3 rings (SSSR count). The smallest absolute Gasteiger partial charge is 0.459 e. The highest BCUT2D eigenvalue weighted by molar-refractivity contribution is 7.52. The molecule has 0 saturated carbocycles. The molecule has 236 valence electrons. The monoisotopic (exact) mass is 627 g/mol. The zero-order valence-electron chi connectivity index (χ0n) is 24.3. The molecule has 0 aliphatic carbocycles. The number of nitrogens with zero attached hydrogens (tertiary/aromatic N) is 1. The van der Waals surface area contributed by atoms with E-state index < -0.39 is 73.8 Å². The van der Waals surface area contributed by atoms with E-state index in [4.69, 9.17) is 23.3 Å². The number of ketones is 1. The lowest BCUT2D eigenvalue weighted by molar-refractivity contribution is -0.159. The van der Waals surface area contributed by atoms with Crippen molar-refractivity contribution in [1.82, 2.24) is 14.6 Å². The van der Waals surface area contributed by atoms with E-state index in [1.54, 1.807) is 32.0 Å². The largest absolute Gasteiger partial charge is 0.462 e. The van der Waals surface area contributed by atoms with Crippen molar-refractivity contribution < 1.29 is 46.6 Å². The zero-order chi connectivity index (χ0) is 31.9. The van der Waals surface area contributed by atoms with E-state index in [0.717, 1.165) is 23.8 Å². The number of H-pyrrole nitrogens is 1. The highest BCUT2D eigenvalue weighted by atomic mass is 31.2. The fourth-order valence-electron chi connectivity index (χ4n) is 4.13. The lowest BCUT2D eigenvalue weighted by atomic mass is 9.98. The highest BCUT2D eigenvalue weighted by Gasteiger charge is 2.58. The molecule has 2 heterocycles. The lowest BCUT2D eigenvalue weighted by Crippen LogP contribution is -2.46. The topological polar surface area (TPSA) is 181 Å². The van der Waals surface area contributed by atoms with Crippen LogP contribution in [0, 0.1) is 0 Å². The van der Waals surface area contributed by atoms with Gasteiger partial charge in [0, 0.05) is 18.7 Å². The van der Waals surface area contributed by atoms with Gasteiger partial charge in [0.2, 0.25) is 0 Å². The van der Waals surface area contributed by atoms with Crippen LogP contribution in [0.15, 0.2) is 52.2 Å². The molecule has 14 nitrogen and oxygen atoms in total. The van der Waals surface area contributed by atoms with Gasteiger partial charge in [-0.1, -0.05) is 18.2 Å². The standard InChI is InChI=1S/C27H35FN3O11P/c1-16(2)39-24(35)18(4)30-43(37,42-19-9-7-6-8-10-19)38-15-20-23(41-22(34)12-11-17(3)32)27(5,28)25(40-20)31-14-13-21(33)29-26(31)36/h6-10,13-14,16,18,20,23,25H,11-12,15H2,1-5H3,(H,30,37)(H,29,33,36)/t18-,20-,23+,25+,27+,43?/m0/s1. The first kappa shape index (κ1) is 33.8. The van der Waals surface area contributed by atoms with Crippen molar-refractivity contribution in [3.63, 3.8) is 0 Å². The first-order valence-corrected chi connectivity index (χ1v) is 15.0. The second kappa shape index (κ2) is 14.2. The van der Waals surface area contributed by atoms with Gasteiger partial charge < -0.3 is 23.5 Å². The Morgan fingerprint density at radius 2 is 1.81 bits per heavy atom. The molecule has 16 heteroatoms. The number of esters is 2. The number of hydrogen-bond acceptors (Lipinski definition) is 11. The molecule has 1 unspecified atom stereocenters. The summed E-state index contributed by atoms with van der Waals surface area (Å²) in [6, 6.07) is 7.66. The molecule has 2 N–H and O–H groups in total. The van der Waals surface area contributed by atoms with Crippen LogP contribution in [0.2, 0.25) is 0 Å². The van der Waals surface area contributed by atoms with Crippen molar-refractivity contribution in [2.75, 3.05) is 6.61 Å². The van der Waals surface area contributed by atoms with Gasteiger partial charge in [-0.05, 0) is 46.8 Å². The molecule has 43 heavy (non-hydrogen) atoms.